The normalized spacial score (nSPS) is 16.3. The van der Waals surface area contributed by atoms with Gasteiger partial charge in [0.25, 0.3) is 0 Å². The molecular weight excluding hydrogens is 366 g/mol. The van der Waals surface area contributed by atoms with Crippen LogP contribution in [0.2, 0.25) is 5.02 Å². The van der Waals surface area contributed by atoms with Crippen LogP contribution in [0.5, 0.6) is 11.5 Å². The summed E-state index contributed by atoms with van der Waals surface area (Å²) in [4.78, 5) is 26.5. The van der Waals surface area contributed by atoms with E-state index in [9.17, 15) is 9.59 Å². The molecule has 27 heavy (non-hydrogen) atoms. The lowest BCUT2D eigenvalue weighted by Crippen LogP contribution is -2.35. The van der Waals surface area contributed by atoms with Crippen LogP contribution in [-0.4, -0.2) is 30.8 Å². The Hall–Kier alpha value is -2.79. The van der Waals surface area contributed by atoms with Crippen molar-refractivity contribution in [3.05, 3.63) is 70.9 Å². The Bertz CT molecular complexity index is 879. The van der Waals surface area contributed by atoms with Gasteiger partial charge in [-0.1, -0.05) is 41.9 Å². The zero-order chi connectivity index (χ0) is 19.4. The number of carbonyl (C=O) groups is 2. The van der Waals surface area contributed by atoms with Crippen molar-refractivity contribution in [3.63, 3.8) is 0 Å². The third-order valence-corrected chi connectivity index (χ3v) is 4.87. The number of amides is 1. The summed E-state index contributed by atoms with van der Waals surface area (Å²) < 4.78 is 10.5. The maximum absolute atomic E-state index is 13.0. The van der Waals surface area contributed by atoms with Crippen LogP contribution in [0.15, 0.2) is 54.7 Å². The van der Waals surface area contributed by atoms with E-state index in [2.05, 4.69) is 0 Å². The smallest absolute Gasteiger partial charge is 0.231 e. The number of halogens is 1. The zero-order valence-electron chi connectivity index (χ0n) is 15.1. The van der Waals surface area contributed by atoms with Crippen LogP contribution in [0.4, 0.5) is 0 Å². The first-order valence-corrected chi connectivity index (χ1v) is 8.88. The van der Waals surface area contributed by atoms with Gasteiger partial charge in [0.2, 0.25) is 5.91 Å². The molecule has 2 aromatic rings. The molecule has 0 spiro atoms. The van der Waals surface area contributed by atoms with E-state index in [4.69, 9.17) is 21.1 Å². The standard InChI is InChI=1S/C21H20ClNO4/c1-26-19-10-15(17(22)13-20(19)27-2)11-21(25)23-9-8-16(24)12-18(23)14-6-4-3-5-7-14/h3-10,13,18H,11-12H2,1-2H3/t18-/m0/s1. The van der Waals surface area contributed by atoms with Gasteiger partial charge in [0.15, 0.2) is 17.3 Å². The highest BCUT2D eigenvalue weighted by molar-refractivity contribution is 6.31. The molecule has 0 unspecified atom stereocenters. The molecule has 3 rings (SSSR count). The van der Waals surface area contributed by atoms with E-state index < -0.39 is 0 Å². The lowest BCUT2D eigenvalue weighted by atomic mass is 9.96. The number of rotatable bonds is 5. The summed E-state index contributed by atoms with van der Waals surface area (Å²) in [6.07, 6.45) is 3.33. The highest BCUT2D eigenvalue weighted by atomic mass is 35.5. The van der Waals surface area contributed by atoms with Gasteiger partial charge in [-0.25, -0.2) is 0 Å². The quantitative estimate of drug-likeness (QED) is 0.781. The van der Waals surface area contributed by atoms with Crippen molar-refractivity contribution in [1.82, 2.24) is 4.90 Å². The number of hydrogen-bond donors (Lipinski definition) is 0. The first-order valence-electron chi connectivity index (χ1n) is 8.51. The van der Waals surface area contributed by atoms with E-state index in [-0.39, 0.29) is 30.6 Å². The SMILES string of the molecule is COc1cc(Cl)c(CC(=O)N2C=CC(=O)C[C@H]2c2ccccc2)cc1OC. The molecule has 1 aliphatic rings. The van der Waals surface area contributed by atoms with E-state index in [0.717, 1.165) is 5.56 Å². The number of methoxy groups -OCH3 is 2. The van der Waals surface area contributed by atoms with E-state index in [1.54, 1.807) is 23.2 Å². The molecule has 1 aliphatic heterocycles. The molecule has 0 aromatic heterocycles. The second-order valence-corrected chi connectivity index (χ2v) is 6.60. The summed E-state index contributed by atoms with van der Waals surface area (Å²) in [6, 6.07) is 12.5. The molecule has 0 fully saturated rings. The fourth-order valence-corrected chi connectivity index (χ4v) is 3.34. The van der Waals surface area contributed by atoms with E-state index >= 15 is 0 Å². The maximum Gasteiger partial charge on any atom is 0.231 e. The summed E-state index contributed by atoms with van der Waals surface area (Å²) in [5, 5.41) is 0.425. The number of ketones is 1. The van der Waals surface area contributed by atoms with Crippen molar-refractivity contribution in [2.45, 2.75) is 18.9 Å². The topological polar surface area (TPSA) is 55.8 Å². The minimum Gasteiger partial charge on any atom is -0.493 e. The molecule has 0 saturated carbocycles. The minimum absolute atomic E-state index is 0.00273. The average Bonchev–Trinajstić information content (AvgIpc) is 2.69. The Morgan fingerprint density at radius 2 is 1.81 bits per heavy atom. The molecule has 2 aromatic carbocycles. The Morgan fingerprint density at radius 3 is 2.48 bits per heavy atom. The fourth-order valence-electron chi connectivity index (χ4n) is 3.12. The Balaban J connectivity index is 1.88. The van der Waals surface area contributed by atoms with Gasteiger partial charge in [-0.3, -0.25) is 9.59 Å². The molecular formula is C21H20ClNO4. The van der Waals surface area contributed by atoms with Crippen LogP contribution >= 0.6 is 11.6 Å². The summed E-state index contributed by atoms with van der Waals surface area (Å²) in [6.45, 7) is 0. The van der Waals surface area contributed by atoms with Crippen molar-refractivity contribution < 1.29 is 19.1 Å². The largest absolute Gasteiger partial charge is 0.493 e. The van der Waals surface area contributed by atoms with Gasteiger partial charge >= 0.3 is 0 Å². The van der Waals surface area contributed by atoms with Crippen LogP contribution in [0.1, 0.15) is 23.6 Å². The lowest BCUT2D eigenvalue weighted by molar-refractivity contribution is -0.131. The van der Waals surface area contributed by atoms with Gasteiger partial charge in [-0.2, -0.15) is 0 Å². The first kappa shape index (κ1) is 19.0. The first-order chi connectivity index (χ1) is 13.0. The molecule has 0 N–H and O–H groups in total. The number of carbonyl (C=O) groups excluding carboxylic acids is 2. The number of nitrogens with zero attached hydrogens (tertiary/aromatic N) is 1. The van der Waals surface area contributed by atoms with Gasteiger partial charge in [0, 0.05) is 23.7 Å². The molecule has 0 radical (unpaired) electrons. The second-order valence-electron chi connectivity index (χ2n) is 6.19. The maximum atomic E-state index is 13.0. The summed E-state index contributed by atoms with van der Waals surface area (Å²) >= 11 is 6.32. The monoisotopic (exact) mass is 385 g/mol. The second kappa shape index (κ2) is 8.27. The molecule has 1 amide bonds. The number of benzene rings is 2. The van der Waals surface area contributed by atoms with E-state index in [0.29, 0.717) is 22.1 Å². The van der Waals surface area contributed by atoms with Gasteiger partial charge in [0.05, 0.1) is 26.7 Å². The number of hydrogen-bond acceptors (Lipinski definition) is 4. The van der Waals surface area contributed by atoms with Crippen molar-refractivity contribution in [2.24, 2.45) is 0 Å². The van der Waals surface area contributed by atoms with Crippen LogP contribution in [0.25, 0.3) is 0 Å². The zero-order valence-corrected chi connectivity index (χ0v) is 15.9. The van der Waals surface area contributed by atoms with Crippen molar-refractivity contribution in [1.29, 1.82) is 0 Å². The van der Waals surface area contributed by atoms with Gasteiger partial charge in [-0.15, -0.1) is 0 Å². The third-order valence-electron chi connectivity index (χ3n) is 4.52. The molecule has 0 bridgehead atoms. The van der Waals surface area contributed by atoms with E-state index in [1.165, 1.54) is 20.3 Å². The molecule has 0 aliphatic carbocycles. The summed E-state index contributed by atoms with van der Waals surface area (Å²) in [7, 11) is 3.06. The van der Waals surface area contributed by atoms with Crippen molar-refractivity contribution >= 4 is 23.3 Å². The Kier molecular flexibility index (Phi) is 5.81. The van der Waals surface area contributed by atoms with Crippen molar-refractivity contribution in [2.75, 3.05) is 14.2 Å². The lowest BCUT2D eigenvalue weighted by Gasteiger charge is -2.31. The molecule has 5 nitrogen and oxygen atoms in total. The van der Waals surface area contributed by atoms with E-state index in [1.807, 2.05) is 30.3 Å². The van der Waals surface area contributed by atoms with Crippen LogP contribution in [-0.2, 0) is 16.0 Å². The highest BCUT2D eigenvalue weighted by Crippen LogP contribution is 2.34. The molecule has 1 heterocycles. The number of ether oxygens (including phenoxy) is 2. The fraction of sp³-hybridized carbons (Fsp3) is 0.238. The minimum atomic E-state index is -0.324. The van der Waals surface area contributed by atoms with Gasteiger partial charge in [-0.05, 0) is 23.3 Å². The third kappa shape index (κ3) is 4.14. The molecule has 6 heteroatoms. The van der Waals surface area contributed by atoms with Gasteiger partial charge < -0.3 is 14.4 Å². The predicted octanol–water partition coefficient (Wildman–Crippen LogP) is 3.96. The summed E-state index contributed by atoms with van der Waals surface area (Å²) in [5.74, 6) is 0.858. The predicted molar refractivity (Wildman–Crippen MR) is 103 cm³/mol. The Labute approximate surface area is 163 Å². The summed E-state index contributed by atoms with van der Waals surface area (Å²) in [5.41, 5.74) is 1.55. The highest BCUT2D eigenvalue weighted by Gasteiger charge is 2.29. The van der Waals surface area contributed by atoms with Crippen LogP contribution in [0, 0.1) is 0 Å². The average molecular weight is 386 g/mol. The number of allylic oxidation sites excluding steroid dienone is 1. The Morgan fingerprint density at radius 1 is 1.15 bits per heavy atom. The molecule has 0 saturated heterocycles. The molecule has 140 valence electrons. The van der Waals surface area contributed by atoms with Crippen LogP contribution < -0.4 is 9.47 Å². The van der Waals surface area contributed by atoms with Crippen molar-refractivity contribution in [3.8, 4) is 11.5 Å². The van der Waals surface area contributed by atoms with Crippen LogP contribution in [0.3, 0.4) is 0 Å². The van der Waals surface area contributed by atoms with Gasteiger partial charge in [0.1, 0.15) is 0 Å². The molecule has 1 atom stereocenters.